The Hall–Kier alpha value is -0.690. The van der Waals surface area contributed by atoms with Crippen LogP contribution >= 0.6 is 0 Å². The molecule has 0 spiro atoms. The van der Waals surface area contributed by atoms with Crippen molar-refractivity contribution in [2.75, 3.05) is 40.0 Å². The molecule has 0 radical (unpaired) electrons. The van der Waals surface area contributed by atoms with E-state index in [-0.39, 0.29) is 12.0 Å². The molecule has 6 heteroatoms. The van der Waals surface area contributed by atoms with E-state index in [0.717, 1.165) is 39.3 Å². The molecule has 6 nitrogen and oxygen atoms in total. The molecule has 0 bridgehead atoms. The number of hydrogen-bond donors (Lipinski definition) is 2. The number of piperidine rings is 2. The third-order valence-corrected chi connectivity index (χ3v) is 5.79. The third-order valence-electron chi connectivity index (χ3n) is 5.79. The number of esters is 1. The average Bonchev–Trinajstić information content (AvgIpc) is 2.97. The monoisotopic (exact) mass is 324 g/mol. The fourth-order valence-electron chi connectivity index (χ4n) is 4.50. The minimum Gasteiger partial charge on any atom is -0.468 e. The maximum atomic E-state index is 12.3. The number of fused-ring (bicyclic) bond motifs is 1. The van der Waals surface area contributed by atoms with Gasteiger partial charge in [-0.1, -0.05) is 0 Å². The molecule has 3 heterocycles. The van der Waals surface area contributed by atoms with Gasteiger partial charge in [0.15, 0.2) is 0 Å². The standard InChI is InChI=1S/C17H32N4O2/c1-12(2)21-11-19-14-7-15(17(22)23-3)20(10-16(14)21)9-13-5-4-6-18-8-13/h12-16,18-19H,4-11H2,1-3H3. The summed E-state index contributed by atoms with van der Waals surface area (Å²) < 4.78 is 5.09. The number of ether oxygens (including phenoxy) is 1. The molecule has 132 valence electrons. The highest BCUT2D eigenvalue weighted by molar-refractivity contribution is 5.76. The Morgan fingerprint density at radius 3 is 2.87 bits per heavy atom. The second-order valence-electron chi connectivity index (χ2n) is 7.58. The molecule has 0 aromatic rings. The van der Waals surface area contributed by atoms with Crippen LogP contribution in [-0.2, 0) is 9.53 Å². The van der Waals surface area contributed by atoms with Gasteiger partial charge in [-0.3, -0.25) is 19.9 Å². The van der Waals surface area contributed by atoms with E-state index >= 15 is 0 Å². The first-order chi connectivity index (χ1) is 11.1. The fraction of sp³-hybridized carbons (Fsp3) is 0.941. The molecule has 3 aliphatic heterocycles. The Morgan fingerprint density at radius 1 is 1.39 bits per heavy atom. The van der Waals surface area contributed by atoms with Crippen molar-refractivity contribution in [1.82, 2.24) is 20.4 Å². The van der Waals surface area contributed by atoms with Gasteiger partial charge in [-0.05, 0) is 52.1 Å². The molecule has 3 saturated heterocycles. The summed E-state index contributed by atoms with van der Waals surface area (Å²) >= 11 is 0. The highest BCUT2D eigenvalue weighted by atomic mass is 16.5. The number of carbonyl (C=O) groups excluding carboxylic acids is 1. The maximum Gasteiger partial charge on any atom is 0.323 e. The molecule has 3 fully saturated rings. The van der Waals surface area contributed by atoms with Crippen LogP contribution in [0.5, 0.6) is 0 Å². The van der Waals surface area contributed by atoms with Gasteiger partial charge in [0.2, 0.25) is 0 Å². The number of rotatable bonds is 4. The van der Waals surface area contributed by atoms with E-state index in [1.54, 1.807) is 0 Å². The molecule has 3 rings (SSSR count). The fourth-order valence-corrected chi connectivity index (χ4v) is 4.50. The van der Waals surface area contributed by atoms with Gasteiger partial charge in [-0.15, -0.1) is 0 Å². The minimum atomic E-state index is -0.0946. The first-order valence-electron chi connectivity index (χ1n) is 9.12. The van der Waals surface area contributed by atoms with E-state index in [1.807, 2.05) is 0 Å². The molecular weight excluding hydrogens is 292 g/mol. The van der Waals surface area contributed by atoms with E-state index in [0.29, 0.717) is 24.0 Å². The maximum absolute atomic E-state index is 12.3. The molecule has 4 unspecified atom stereocenters. The van der Waals surface area contributed by atoms with Crippen LogP contribution in [0.15, 0.2) is 0 Å². The van der Waals surface area contributed by atoms with E-state index in [1.165, 1.54) is 20.0 Å². The zero-order chi connectivity index (χ0) is 16.4. The first kappa shape index (κ1) is 17.1. The SMILES string of the molecule is COC(=O)C1CC2NCN(C(C)C)C2CN1CC1CCCNC1. The molecule has 0 amide bonds. The van der Waals surface area contributed by atoms with Crippen LogP contribution in [-0.4, -0.2) is 79.9 Å². The average molecular weight is 324 g/mol. The van der Waals surface area contributed by atoms with Crippen LogP contribution in [0, 0.1) is 5.92 Å². The Balaban J connectivity index is 1.70. The van der Waals surface area contributed by atoms with Gasteiger partial charge in [0.25, 0.3) is 0 Å². The number of likely N-dealkylation sites (tertiary alicyclic amines) is 1. The van der Waals surface area contributed by atoms with Gasteiger partial charge in [-0.25, -0.2) is 0 Å². The predicted octanol–water partition coefficient (Wildman–Crippen LogP) is 0.242. The summed E-state index contributed by atoms with van der Waals surface area (Å²) in [7, 11) is 1.51. The van der Waals surface area contributed by atoms with Crippen LogP contribution < -0.4 is 10.6 Å². The lowest BCUT2D eigenvalue weighted by atomic mass is 9.90. The summed E-state index contributed by atoms with van der Waals surface area (Å²) in [5.74, 6) is 0.575. The van der Waals surface area contributed by atoms with Gasteiger partial charge in [0.1, 0.15) is 6.04 Å². The van der Waals surface area contributed by atoms with Crippen molar-refractivity contribution in [3.05, 3.63) is 0 Å². The second kappa shape index (κ2) is 7.47. The van der Waals surface area contributed by atoms with Gasteiger partial charge in [-0.2, -0.15) is 0 Å². The summed E-state index contributed by atoms with van der Waals surface area (Å²) in [4.78, 5) is 17.2. The summed E-state index contributed by atoms with van der Waals surface area (Å²) in [5.41, 5.74) is 0. The number of carbonyl (C=O) groups is 1. The molecule has 23 heavy (non-hydrogen) atoms. The zero-order valence-electron chi connectivity index (χ0n) is 14.8. The van der Waals surface area contributed by atoms with E-state index in [9.17, 15) is 4.79 Å². The Bertz CT molecular complexity index is 411. The lowest BCUT2D eigenvalue weighted by Gasteiger charge is -2.44. The highest BCUT2D eigenvalue weighted by Crippen LogP contribution is 2.28. The molecule has 0 aromatic carbocycles. The van der Waals surface area contributed by atoms with E-state index < -0.39 is 0 Å². The number of nitrogens with one attached hydrogen (secondary N) is 2. The Morgan fingerprint density at radius 2 is 2.22 bits per heavy atom. The molecule has 0 saturated carbocycles. The van der Waals surface area contributed by atoms with Crippen LogP contribution in [0.25, 0.3) is 0 Å². The largest absolute Gasteiger partial charge is 0.468 e. The molecule has 0 aliphatic carbocycles. The van der Waals surface area contributed by atoms with Gasteiger partial charge >= 0.3 is 5.97 Å². The van der Waals surface area contributed by atoms with Crippen molar-refractivity contribution in [3.63, 3.8) is 0 Å². The normalized spacial score (nSPS) is 36.2. The number of hydrogen-bond acceptors (Lipinski definition) is 6. The van der Waals surface area contributed by atoms with Crippen molar-refractivity contribution in [2.24, 2.45) is 5.92 Å². The molecule has 0 aromatic heterocycles. The Labute approximate surface area is 139 Å². The van der Waals surface area contributed by atoms with E-state index in [2.05, 4.69) is 34.3 Å². The summed E-state index contributed by atoms with van der Waals surface area (Å²) in [6, 6.07) is 1.35. The van der Waals surface area contributed by atoms with Crippen molar-refractivity contribution in [3.8, 4) is 0 Å². The van der Waals surface area contributed by atoms with E-state index in [4.69, 9.17) is 4.74 Å². The van der Waals surface area contributed by atoms with Crippen LogP contribution in [0.1, 0.15) is 33.1 Å². The number of nitrogens with zero attached hydrogens (tertiary/aromatic N) is 2. The minimum absolute atomic E-state index is 0.0722. The van der Waals surface area contributed by atoms with Crippen molar-refractivity contribution in [1.29, 1.82) is 0 Å². The molecule has 2 N–H and O–H groups in total. The molecule has 4 atom stereocenters. The first-order valence-corrected chi connectivity index (χ1v) is 9.12. The topological polar surface area (TPSA) is 56.8 Å². The summed E-state index contributed by atoms with van der Waals surface area (Å²) in [6.07, 6.45) is 3.37. The summed E-state index contributed by atoms with van der Waals surface area (Å²) in [5, 5.41) is 7.09. The van der Waals surface area contributed by atoms with Crippen LogP contribution in [0.4, 0.5) is 0 Å². The zero-order valence-corrected chi connectivity index (χ0v) is 14.8. The third kappa shape index (κ3) is 3.71. The highest BCUT2D eigenvalue weighted by Gasteiger charge is 2.45. The van der Waals surface area contributed by atoms with Gasteiger partial charge < -0.3 is 10.1 Å². The second-order valence-corrected chi connectivity index (χ2v) is 7.58. The molecular formula is C17H32N4O2. The van der Waals surface area contributed by atoms with Crippen LogP contribution in [0.2, 0.25) is 0 Å². The van der Waals surface area contributed by atoms with Crippen LogP contribution in [0.3, 0.4) is 0 Å². The quantitative estimate of drug-likeness (QED) is 0.723. The Kier molecular flexibility index (Phi) is 5.57. The van der Waals surface area contributed by atoms with Gasteiger partial charge in [0, 0.05) is 37.9 Å². The van der Waals surface area contributed by atoms with Crippen molar-refractivity contribution in [2.45, 2.75) is 57.3 Å². The number of methoxy groups -OCH3 is 1. The van der Waals surface area contributed by atoms with Crippen molar-refractivity contribution >= 4 is 5.97 Å². The smallest absolute Gasteiger partial charge is 0.323 e. The molecule has 3 aliphatic rings. The lowest BCUT2D eigenvalue weighted by molar-refractivity contribution is -0.149. The lowest BCUT2D eigenvalue weighted by Crippen LogP contribution is -2.60. The van der Waals surface area contributed by atoms with Crippen molar-refractivity contribution < 1.29 is 9.53 Å². The predicted molar refractivity (Wildman–Crippen MR) is 90.1 cm³/mol. The summed E-state index contributed by atoms with van der Waals surface area (Å²) in [6.45, 7) is 9.61. The van der Waals surface area contributed by atoms with Gasteiger partial charge in [0.05, 0.1) is 7.11 Å².